The Balaban J connectivity index is 2.13. The highest BCUT2D eigenvalue weighted by molar-refractivity contribution is 5.66. The number of pyridine rings is 1. The number of nitrogens with zero attached hydrogens (tertiary/aromatic N) is 3. The van der Waals surface area contributed by atoms with E-state index in [-0.39, 0.29) is 5.82 Å². The minimum Gasteiger partial charge on any atom is -0.239 e. The lowest BCUT2D eigenvalue weighted by molar-refractivity contribution is 0.628. The predicted molar refractivity (Wildman–Crippen MR) is 65.3 cm³/mol. The summed E-state index contributed by atoms with van der Waals surface area (Å²) in [7, 11) is 0. The summed E-state index contributed by atoms with van der Waals surface area (Å²) in [4.78, 5) is 0. The number of nitriles is 1. The molecule has 1 aromatic carbocycles. The molecule has 2 heterocycles. The van der Waals surface area contributed by atoms with Gasteiger partial charge in [-0.25, -0.2) is 8.91 Å². The van der Waals surface area contributed by atoms with Crippen LogP contribution in [-0.2, 0) is 0 Å². The van der Waals surface area contributed by atoms with Gasteiger partial charge in [0.05, 0.1) is 16.8 Å². The van der Waals surface area contributed by atoms with Gasteiger partial charge in [-0.05, 0) is 42.5 Å². The van der Waals surface area contributed by atoms with Crippen LogP contribution in [-0.4, -0.2) is 9.61 Å². The molecule has 0 aliphatic carbocycles. The van der Waals surface area contributed by atoms with Gasteiger partial charge < -0.3 is 0 Å². The van der Waals surface area contributed by atoms with E-state index >= 15 is 0 Å². The van der Waals surface area contributed by atoms with E-state index in [1.165, 1.54) is 12.1 Å². The SMILES string of the molecule is N#Cc1ccc2cc(-c3ccc(F)cc3)nn2c1. The van der Waals surface area contributed by atoms with E-state index < -0.39 is 0 Å². The minimum absolute atomic E-state index is 0.269. The van der Waals surface area contributed by atoms with Crippen molar-refractivity contribution in [1.82, 2.24) is 9.61 Å². The van der Waals surface area contributed by atoms with Gasteiger partial charge in [-0.15, -0.1) is 0 Å². The standard InChI is InChI=1S/C14H8FN3/c15-12-4-2-11(3-5-12)14-7-13-6-1-10(8-16)9-18(13)17-14/h1-7,9H. The number of rotatable bonds is 1. The van der Waals surface area contributed by atoms with Crippen LogP contribution in [0.2, 0.25) is 0 Å². The van der Waals surface area contributed by atoms with Gasteiger partial charge in [0.1, 0.15) is 11.9 Å². The van der Waals surface area contributed by atoms with Gasteiger partial charge in [-0.2, -0.15) is 10.4 Å². The predicted octanol–water partition coefficient (Wildman–Crippen LogP) is 3.01. The van der Waals surface area contributed by atoms with Gasteiger partial charge >= 0.3 is 0 Å². The molecule has 0 spiro atoms. The fourth-order valence-electron chi connectivity index (χ4n) is 1.81. The van der Waals surface area contributed by atoms with Crippen molar-refractivity contribution in [2.75, 3.05) is 0 Å². The molecule has 0 N–H and O–H groups in total. The number of aromatic nitrogens is 2. The Morgan fingerprint density at radius 1 is 1.11 bits per heavy atom. The van der Waals surface area contributed by atoms with Crippen LogP contribution in [0.4, 0.5) is 4.39 Å². The molecule has 3 nitrogen and oxygen atoms in total. The van der Waals surface area contributed by atoms with Crippen molar-refractivity contribution < 1.29 is 4.39 Å². The normalized spacial score (nSPS) is 10.4. The number of fused-ring (bicyclic) bond motifs is 1. The Labute approximate surface area is 103 Å². The van der Waals surface area contributed by atoms with Crippen LogP contribution in [0.3, 0.4) is 0 Å². The summed E-state index contributed by atoms with van der Waals surface area (Å²) in [5.74, 6) is -0.269. The third-order valence-electron chi connectivity index (χ3n) is 2.73. The molecular formula is C14H8FN3. The quantitative estimate of drug-likeness (QED) is 0.652. The first kappa shape index (κ1) is 10.5. The van der Waals surface area contributed by atoms with Gasteiger partial charge in [0, 0.05) is 11.8 Å². The van der Waals surface area contributed by atoms with E-state index in [1.54, 1.807) is 28.9 Å². The zero-order valence-corrected chi connectivity index (χ0v) is 9.34. The molecule has 0 saturated heterocycles. The van der Waals surface area contributed by atoms with Crippen LogP contribution >= 0.6 is 0 Å². The largest absolute Gasteiger partial charge is 0.239 e. The first-order chi connectivity index (χ1) is 8.76. The number of hydrogen-bond donors (Lipinski definition) is 0. The molecule has 0 aliphatic heterocycles. The molecule has 0 unspecified atom stereocenters. The Kier molecular flexibility index (Phi) is 2.31. The Morgan fingerprint density at radius 2 is 1.89 bits per heavy atom. The van der Waals surface area contributed by atoms with Crippen molar-refractivity contribution in [3.8, 4) is 17.3 Å². The van der Waals surface area contributed by atoms with E-state index in [0.29, 0.717) is 5.56 Å². The van der Waals surface area contributed by atoms with E-state index in [9.17, 15) is 4.39 Å². The lowest BCUT2D eigenvalue weighted by Crippen LogP contribution is -1.88. The second kappa shape index (κ2) is 3.97. The first-order valence-corrected chi connectivity index (χ1v) is 5.42. The van der Waals surface area contributed by atoms with Crippen LogP contribution in [0.25, 0.3) is 16.8 Å². The summed E-state index contributed by atoms with van der Waals surface area (Å²) in [5.41, 5.74) is 3.05. The number of benzene rings is 1. The third-order valence-corrected chi connectivity index (χ3v) is 2.73. The molecule has 0 aliphatic rings. The van der Waals surface area contributed by atoms with Crippen LogP contribution in [0.15, 0.2) is 48.7 Å². The summed E-state index contributed by atoms with van der Waals surface area (Å²) < 4.78 is 14.5. The van der Waals surface area contributed by atoms with Gasteiger partial charge in [-0.3, -0.25) is 0 Å². The Morgan fingerprint density at radius 3 is 2.61 bits per heavy atom. The molecule has 3 rings (SSSR count). The second-order valence-corrected chi connectivity index (χ2v) is 3.94. The highest BCUT2D eigenvalue weighted by Gasteiger charge is 2.05. The highest BCUT2D eigenvalue weighted by Crippen LogP contribution is 2.20. The minimum atomic E-state index is -0.269. The monoisotopic (exact) mass is 237 g/mol. The average molecular weight is 237 g/mol. The molecule has 0 bridgehead atoms. The zero-order valence-electron chi connectivity index (χ0n) is 9.34. The molecule has 0 amide bonds. The van der Waals surface area contributed by atoms with E-state index in [4.69, 9.17) is 5.26 Å². The maximum absolute atomic E-state index is 12.8. The fourth-order valence-corrected chi connectivity index (χ4v) is 1.81. The van der Waals surface area contributed by atoms with Crippen molar-refractivity contribution in [2.24, 2.45) is 0 Å². The molecule has 0 saturated carbocycles. The Bertz CT molecular complexity index is 751. The van der Waals surface area contributed by atoms with Crippen molar-refractivity contribution in [1.29, 1.82) is 5.26 Å². The summed E-state index contributed by atoms with van der Waals surface area (Å²) in [5, 5.41) is 13.2. The van der Waals surface area contributed by atoms with Gasteiger partial charge in [0.2, 0.25) is 0 Å². The molecule has 0 radical (unpaired) electrons. The molecule has 0 atom stereocenters. The second-order valence-electron chi connectivity index (χ2n) is 3.94. The van der Waals surface area contributed by atoms with Gasteiger partial charge in [0.15, 0.2) is 0 Å². The lowest BCUT2D eigenvalue weighted by atomic mass is 10.1. The molecule has 4 heteroatoms. The lowest BCUT2D eigenvalue weighted by Gasteiger charge is -1.94. The first-order valence-electron chi connectivity index (χ1n) is 5.42. The van der Waals surface area contributed by atoms with E-state index in [0.717, 1.165) is 16.8 Å². The van der Waals surface area contributed by atoms with E-state index in [1.807, 2.05) is 12.1 Å². The van der Waals surface area contributed by atoms with Gasteiger partial charge in [0.25, 0.3) is 0 Å². The van der Waals surface area contributed by atoms with Crippen LogP contribution in [0, 0.1) is 17.1 Å². The molecule has 0 fully saturated rings. The summed E-state index contributed by atoms with van der Waals surface area (Å²) >= 11 is 0. The average Bonchev–Trinajstić information content (AvgIpc) is 2.82. The van der Waals surface area contributed by atoms with Crippen molar-refractivity contribution >= 4 is 5.52 Å². The molecular weight excluding hydrogens is 229 g/mol. The topological polar surface area (TPSA) is 41.1 Å². The molecule has 2 aromatic heterocycles. The van der Waals surface area contributed by atoms with Crippen molar-refractivity contribution in [3.63, 3.8) is 0 Å². The number of hydrogen-bond acceptors (Lipinski definition) is 2. The maximum Gasteiger partial charge on any atom is 0.123 e. The maximum atomic E-state index is 12.8. The summed E-state index contributed by atoms with van der Waals surface area (Å²) in [6.07, 6.45) is 1.67. The highest BCUT2D eigenvalue weighted by atomic mass is 19.1. The molecule has 86 valence electrons. The van der Waals surface area contributed by atoms with Crippen LogP contribution < -0.4 is 0 Å². The van der Waals surface area contributed by atoms with Crippen LogP contribution in [0.1, 0.15) is 5.56 Å². The van der Waals surface area contributed by atoms with E-state index in [2.05, 4.69) is 11.2 Å². The summed E-state index contributed by atoms with van der Waals surface area (Å²) in [6, 6.07) is 13.7. The van der Waals surface area contributed by atoms with Crippen LogP contribution in [0.5, 0.6) is 0 Å². The molecule has 18 heavy (non-hydrogen) atoms. The smallest absolute Gasteiger partial charge is 0.123 e. The zero-order chi connectivity index (χ0) is 12.5. The Hall–Kier alpha value is -2.67. The third kappa shape index (κ3) is 1.72. The van der Waals surface area contributed by atoms with Crippen molar-refractivity contribution in [2.45, 2.75) is 0 Å². The summed E-state index contributed by atoms with van der Waals surface area (Å²) in [6.45, 7) is 0. The van der Waals surface area contributed by atoms with Crippen molar-refractivity contribution in [3.05, 3.63) is 60.0 Å². The fraction of sp³-hybridized carbons (Fsp3) is 0. The number of halogens is 1. The molecule has 3 aromatic rings. The van der Waals surface area contributed by atoms with Gasteiger partial charge in [-0.1, -0.05) is 0 Å².